The van der Waals surface area contributed by atoms with Gasteiger partial charge in [-0.2, -0.15) is 8.78 Å². The van der Waals surface area contributed by atoms with E-state index in [-0.39, 0.29) is 0 Å². The second-order valence-electron chi connectivity index (χ2n) is 3.19. The molecule has 0 aliphatic carbocycles. The van der Waals surface area contributed by atoms with Gasteiger partial charge in [0.05, 0.1) is 0 Å². The molecule has 0 rings (SSSR count). The Morgan fingerprint density at radius 2 is 1.65 bits per heavy atom. The van der Waals surface area contributed by atoms with Crippen LogP contribution < -0.4 is 5.32 Å². The predicted octanol–water partition coefficient (Wildman–Crippen LogP) is 0.134. The first-order valence-electron chi connectivity index (χ1n) is 4.00. The average molecular weight is 265 g/mol. The second-order valence-corrected chi connectivity index (χ2v) is 3.19. The van der Waals surface area contributed by atoms with E-state index in [9.17, 15) is 31.5 Å². The van der Waals surface area contributed by atoms with Gasteiger partial charge < -0.3 is 15.5 Å². The van der Waals surface area contributed by atoms with Crippen molar-refractivity contribution in [1.29, 1.82) is 0 Å². The molecule has 1 amide bonds. The predicted molar refractivity (Wildman–Crippen MR) is 42.2 cm³/mol. The summed E-state index contributed by atoms with van der Waals surface area (Å²) in [7, 11) is 0. The molecular formula is C7H8F5NO4. The van der Waals surface area contributed by atoms with Crippen LogP contribution in [0, 0.1) is 0 Å². The molecule has 0 saturated carbocycles. The highest BCUT2D eigenvalue weighted by Crippen LogP contribution is 2.27. The van der Waals surface area contributed by atoms with Crippen molar-refractivity contribution < 1.29 is 41.8 Å². The van der Waals surface area contributed by atoms with Gasteiger partial charge in [-0.25, -0.2) is 18.0 Å². The molecule has 10 heteroatoms. The average Bonchev–Trinajstić information content (AvgIpc) is 2.16. The number of hydrogen-bond acceptors (Lipinski definition) is 3. The molecule has 0 aromatic rings. The second kappa shape index (κ2) is 4.82. The van der Waals surface area contributed by atoms with E-state index in [1.165, 1.54) is 0 Å². The molecule has 0 saturated heterocycles. The number of alkyl halides is 5. The summed E-state index contributed by atoms with van der Waals surface area (Å²) in [4.78, 5) is 21.1. The minimum atomic E-state index is -5.19. The number of nitrogens with one attached hydrogen (secondary N) is 1. The summed E-state index contributed by atoms with van der Waals surface area (Å²) >= 11 is 0. The first-order chi connectivity index (χ1) is 7.44. The monoisotopic (exact) mass is 265 g/mol. The summed E-state index contributed by atoms with van der Waals surface area (Å²) in [6, 6.07) is 0. The van der Waals surface area contributed by atoms with Gasteiger partial charge >= 0.3 is 18.3 Å². The normalized spacial score (nSPS) is 17.4. The van der Waals surface area contributed by atoms with Gasteiger partial charge in [0, 0.05) is 0 Å². The molecule has 0 spiro atoms. The summed E-state index contributed by atoms with van der Waals surface area (Å²) in [5.74, 6) is -9.41. The quantitative estimate of drug-likeness (QED) is 0.375. The molecule has 0 radical (unpaired) electrons. The van der Waals surface area contributed by atoms with Crippen LogP contribution in [0.4, 0.5) is 22.0 Å². The number of halogens is 5. The summed E-state index contributed by atoms with van der Waals surface area (Å²) in [5.41, 5.74) is -3.21. The highest BCUT2D eigenvalue weighted by molar-refractivity contribution is 6.04. The van der Waals surface area contributed by atoms with Gasteiger partial charge in [0.2, 0.25) is 11.9 Å². The van der Waals surface area contributed by atoms with Crippen molar-refractivity contribution in [2.45, 2.75) is 31.2 Å². The van der Waals surface area contributed by atoms with Crippen LogP contribution in [-0.2, 0) is 9.59 Å². The zero-order chi connectivity index (χ0) is 14.0. The smallest absolute Gasteiger partial charge is 0.355 e. The topological polar surface area (TPSA) is 86.6 Å². The lowest BCUT2D eigenvalue weighted by Crippen LogP contribution is -2.57. The van der Waals surface area contributed by atoms with E-state index >= 15 is 0 Å². The standard InChI is InChI=1S/C7H8F5NO4/c1-6(17,5(15)16)4(14)13-3(10)7(11,12)2(8)9/h2-3,17H,1H3,(H,13,14)(H,15,16). The first-order valence-corrected chi connectivity index (χ1v) is 4.00. The molecule has 0 bridgehead atoms. The fourth-order valence-corrected chi connectivity index (χ4v) is 0.560. The number of carboxylic acid groups (broad SMARTS) is 1. The van der Waals surface area contributed by atoms with Crippen LogP contribution in [-0.4, -0.2) is 46.3 Å². The Bertz CT molecular complexity index is 319. The fourth-order valence-electron chi connectivity index (χ4n) is 0.560. The van der Waals surface area contributed by atoms with Crippen LogP contribution >= 0.6 is 0 Å². The molecule has 100 valence electrons. The third-order valence-electron chi connectivity index (χ3n) is 1.75. The highest BCUT2D eigenvalue weighted by atomic mass is 19.3. The van der Waals surface area contributed by atoms with Gasteiger partial charge in [0.15, 0.2) is 0 Å². The fraction of sp³-hybridized carbons (Fsp3) is 0.714. The van der Waals surface area contributed by atoms with Gasteiger partial charge in [0.25, 0.3) is 5.91 Å². The molecule has 0 fully saturated rings. The van der Waals surface area contributed by atoms with Crippen LogP contribution in [0.5, 0.6) is 0 Å². The molecule has 3 N–H and O–H groups in total. The Morgan fingerprint density at radius 3 is 1.94 bits per heavy atom. The Hall–Kier alpha value is -1.45. The molecular weight excluding hydrogens is 257 g/mol. The van der Waals surface area contributed by atoms with Crippen molar-refractivity contribution in [3.8, 4) is 0 Å². The van der Waals surface area contributed by atoms with Gasteiger partial charge in [-0.3, -0.25) is 4.79 Å². The lowest BCUT2D eigenvalue weighted by molar-refractivity contribution is -0.187. The Morgan fingerprint density at radius 1 is 1.24 bits per heavy atom. The molecule has 2 atom stereocenters. The van der Waals surface area contributed by atoms with E-state index < -0.39 is 36.1 Å². The number of hydrogen-bond donors (Lipinski definition) is 3. The van der Waals surface area contributed by atoms with Gasteiger partial charge in [0.1, 0.15) is 0 Å². The molecule has 5 nitrogen and oxygen atoms in total. The third kappa shape index (κ3) is 3.25. The Labute approximate surface area is 91.2 Å². The molecule has 0 heterocycles. The zero-order valence-corrected chi connectivity index (χ0v) is 8.26. The van der Waals surface area contributed by atoms with Crippen molar-refractivity contribution in [3.63, 3.8) is 0 Å². The third-order valence-corrected chi connectivity index (χ3v) is 1.75. The number of carbonyl (C=O) groups excluding carboxylic acids is 1. The van der Waals surface area contributed by atoms with E-state index in [0.717, 1.165) is 0 Å². The number of aliphatic hydroxyl groups is 1. The van der Waals surface area contributed by atoms with E-state index in [1.54, 1.807) is 0 Å². The summed E-state index contributed by atoms with van der Waals surface area (Å²) in [6.07, 6.45) is -8.21. The maximum atomic E-state index is 12.6. The highest BCUT2D eigenvalue weighted by Gasteiger charge is 2.52. The van der Waals surface area contributed by atoms with Gasteiger partial charge in [-0.05, 0) is 6.92 Å². The molecule has 0 aliphatic heterocycles. The van der Waals surface area contributed by atoms with Crippen LogP contribution in [0.3, 0.4) is 0 Å². The van der Waals surface area contributed by atoms with E-state index in [4.69, 9.17) is 10.2 Å². The van der Waals surface area contributed by atoms with Crippen LogP contribution in [0.2, 0.25) is 0 Å². The Kier molecular flexibility index (Phi) is 4.41. The molecule has 0 aromatic heterocycles. The van der Waals surface area contributed by atoms with Crippen molar-refractivity contribution >= 4 is 11.9 Å². The van der Waals surface area contributed by atoms with Crippen molar-refractivity contribution in [2.75, 3.05) is 0 Å². The minimum Gasteiger partial charge on any atom is -0.479 e. The minimum absolute atomic E-state index is 0.373. The lowest BCUT2D eigenvalue weighted by atomic mass is 10.1. The zero-order valence-electron chi connectivity index (χ0n) is 8.26. The van der Waals surface area contributed by atoms with E-state index in [0.29, 0.717) is 12.2 Å². The van der Waals surface area contributed by atoms with Crippen LogP contribution in [0.15, 0.2) is 0 Å². The maximum absolute atomic E-state index is 12.6. The summed E-state index contributed by atoms with van der Waals surface area (Å²) in [5, 5.41) is 17.8. The lowest BCUT2D eigenvalue weighted by Gasteiger charge is -2.23. The summed E-state index contributed by atoms with van der Waals surface area (Å²) in [6.45, 7) is 0.373. The van der Waals surface area contributed by atoms with Crippen LogP contribution in [0.25, 0.3) is 0 Å². The van der Waals surface area contributed by atoms with E-state index in [2.05, 4.69) is 0 Å². The number of aliphatic carboxylic acids is 1. The van der Waals surface area contributed by atoms with Gasteiger partial charge in [-0.1, -0.05) is 0 Å². The van der Waals surface area contributed by atoms with Crippen molar-refractivity contribution in [3.05, 3.63) is 0 Å². The van der Waals surface area contributed by atoms with E-state index in [1.807, 2.05) is 0 Å². The SMILES string of the molecule is CC(O)(C(=O)O)C(=O)NC(F)C(F)(F)C(F)F. The summed E-state index contributed by atoms with van der Waals surface area (Å²) < 4.78 is 60.5. The molecule has 0 aromatic carbocycles. The number of carbonyl (C=O) groups is 2. The van der Waals surface area contributed by atoms with Gasteiger partial charge in [-0.15, -0.1) is 0 Å². The number of carboxylic acids is 1. The van der Waals surface area contributed by atoms with Crippen LogP contribution in [0.1, 0.15) is 6.92 Å². The molecule has 2 unspecified atom stereocenters. The number of rotatable bonds is 5. The number of amides is 1. The van der Waals surface area contributed by atoms with Crippen molar-refractivity contribution in [1.82, 2.24) is 5.32 Å². The molecule has 0 aliphatic rings. The maximum Gasteiger partial charge on any atom is 0.355 e. The molecule has 17 heavy (non-hydrogen) atoms. The Balaban J connectivity index is 4.77. The largest absolute Gasteiger partial charge is 0.479 e. The first kappa shape index (κ1) is 15.5. The van der Waals surface area contributed by atoms with Crippen molar-refractivity contribution in [2.24, 2.45) is 0 Å².